The Balaban J connectivity index is 2.22. The molecule has 0 aliphatic rings. The normalized spacial score (nSPS) is 12.6. The first-order valence-electron chi connectivity index (χ1n) is 9.02. The number of aromatic nitrogens is 1. The zero-order chi connectivity index (χ0) is 20.0. The first-order valence-corrected chi connectivity index (χ1v) is 9.02. The van der Waals surface area contributed by atoms with Gasteiger partial charge in [0, 0.05) is 10.9 Å². The van der Waals surface area contributed by atoms with Crippen LogP contribution >= 0.6 is 0 Å². The van der Waals surface area contributed by atoms with E-state index in [0.29, 0.717) is 11.3 Å². The van der Waals surface area contributed by atoms with Gasteiger partial charge in [0.1, 0.15) is 0 Å². The van der Waals surface area contributed by atoms with Gasteiger partial charge in [0.05, 0.1) is 16.6 Å². The number of aryl methyl sites for hydroxylation is 3. The standard InChI is InChI=1S/C23H24F3N/c1-14-6-7-19-18(13-22(4,5)23(24,25)26)12-20(27-21(19)11-14)17-9-15(2)8-16(3)10-17/h6-12H,13H2,1-5H3. The predicted molar refractivity (Wildman–Crippen MR) is 105 cm³/mol. The molecule has 3 aromatic rings. The maximum Gasteiger partial charge on any atom is 0.394 e. The molecule has 1 heterocycles. The summed E-state index contributed by atoms with van der Waals surface area (Å²) in [5.41, 5.74) is 4.49. The summed E-state index contributed by atoms with van der Waals surface area (Å²) in [5, 5.41) is 0.783. The minimum absolute atomic E-state index is 0.0869. The molecule has 4 heteroatoms. The van der Waals surface area contributed by atoms with Crippen molar-refractivity contribution in [3.8, 4) is 11.3 Å². The third-order valence-electron chi connectivity index (χ3n) is 4.97. The number of hydrogen-bond donors (Lipinski definition) is 0. The van der Waals surface area contributed by atoms with Gasteiger partial charge >= 0.3 is 6.18 Å². The van der Waals surface area contributed by atoms with E-state index >= 15 is 0 Å². The molecule has 0 unspecified atom stereocenters. The van der Waals surface area contributed by atoms with Crippen LogP contribution in [0.1, 0.15) is 36.1 Å². The largest absolute Gasteiger partial charge is 0.394 e. The Kier molecular flexibility index (Phi) is 4.79. The van der Waals surface area contributed by atoms with E-state index in [2.05, 4.69) is 6.07 Å². The summed E-state index contributed by atoms with van der Waals surface area (Å²) in [5.74, 6) is 0. The van der Waals surface area contributed by atoms with Gasteiger partial charge in [-0.1, -0.05) is 43.2 Å². The minimum Gasteiger partial charge on any atom is -0.248 e. The Labute approximate surface area is 158 Å². The van der Waals surface area contributed by atoms with E-state index in [-0.39, 0.29) is 6.42 Å². The molecular weight excluding hydrogens is 347 g/mol. The summed E-state index contributed by atoms with van der Waals surface area (Å²) < 4.78 is 40.5. The molecule has 0 aliphatic carbocycles. The van der Waals surface area contributed by atoms with Crippen LogP contribution in [0.3, 0.4) is 0 Å². The van der Waals surface area contributed by atoms with Crippen LogP contribution in [-0.4, -0.2) is 11.2 Å². The molecule has 0 bridgehead atoms. The van der Waals surface area contributed by atoms with E-state index in [9.17, 15) is 13.2 Å². The Morgan fingerprint density at radius 3 is 2.04 bits per heavy atom. The van der Waals surface area contributed by atoms with Crippen molar-refractivity contribution in [1.82, 2.24) is 4.98 Å². The highest BCUT2D eigenvalue weighted by atomic mass is 19.4. The number of pyridine rings is 1. The Bertz CT molecular complexity index is 980. The lowest BCUT2D eigenvalue weighted by atomic mass is 9.83. The van der Waals surface area contributed by atoms with Gasteiger partial charge in [-0.3, -0.25) is 0 Å². The van der Waals surface area contributed by atoms with Gasteiger partial charge in [0.2, 0.25) is 0 Å². The van der Waals surface area contributed by atoms with Crippen LogP contribution in [0.15, 0.2) is 42.5 Å². The van der Waals surface area contributed by atoms with Crippen molar-refractivity contribution in [1.29, 1.82) is 0 Å². The average Bonchev–Trinajstić information content (AvgIpc) is 2.51. The second-order valence-corrected chi connectivity index (χ2v) is 8.12. The van der Waals surface area contributed by atoms with Gasteiger partial charge in [-0.15, -0.1) is 0 Å². The second-order valence-electron chi connectivity index (χ2n) is 8.12. The summed E-state index contributed by atoms with van der Waals surface area (Å²) in [7, 11) is 0. The first kappa shape index (κ1) is 19.4. The van der Waals surface area contributed by atoms with Crippen LogP contribution < -0.4 is 0 Å². The molecule has 0 saturated carbocycles. The lowest BCUT2D eigenvalue weighted by molar-refractivity contribution is -0.210. The summed E-state index contributed by atoms with van der Waals surface area (Å²) in [6.45, 7) is 8.49. The lowest BCUT2D eigenvalue weighted by Crippen LogP contribution is -2.34. The maximum absolute atomic E-state index is 13.5. The Morgan fingerprint density at radius 2 is 1.44 bits per heavy atom. The smallest absolute Gasteiger partial charge is 0.248 e. The van der Waals surface area contributed by atoms with E-state index in [1.54, 1.807) is 0 Å². The van der Waals surface area contributed by atoms with Crippen molar-refractivity contribution in [2.45, 2.75) is 47.2 Å². The van der Waals surface area contributed by atoms with Crippen molar-refractivity contribution in [3.05, 3.63) is 64.7 Å². The molecule has 0 saturated heterocycles. The third-order valence-corrected chi connectivity index (χ3v) is 4.97. The molecule has 0 radical (unpaired) electrons. The molecule has 0 fully saturated rings. The molecule has 142 valence electrons. The highest BCUT2D eigenvalue weighted by Crippen LogP contribution is 2.41. The van der Waals surface area contributed by atoms with Gasteiger partial charge in [0.15, 0.2) is 0 Å². The number of benzene rings is 2. The van der Waals surface area contributed by atoms with Gasteiger partial charge in [-0.2, -0.15) is 13.2 Å². The van der Waals surface area contributed by atoms with E-state index < -0.39 is 11.6 Å². The number of fused-ring (bicyclic) bond motifs is 1. The quantitative estimate of drug-likeness (QED) is 0.485. The number of hydrogen-bond acceptors (Lipinski definition) is 1. The van der Waals surface area contributed by atoms with Crippen LogP contribution in [0.4, 0.5) is 13.2 Å². The molecule has 0 atom stereocenters. The molecule has 3 rings (SSSR count). The zero-order valence-corrected chi connectivity index (χ0v) is 16.3. The van der Waals surface area contributed by atoms with Crippen LogP contribution in [0, 0.1) is 26.2 Å². The molecule has 0 aliphatic heterocycles. The maximum atomic E-state index is 13.5. The van der Waals surface area contributed by atoms with Gasteiger partial charge in [-0.05, 0) is 62.6 Å². The Morgan fingerprint density at radius 1 is 0.815 bits per heavy atom. The number of halogens is 3. The third kappa shape index (κ3) is 4.00. The van der Waals surface area contributed by atoms with Crippen LogP contribution in [0.2, 0.25) is 0 Å². The van der Waals surface area contributed by atoms with Crippen molar-refractivity contribution in [2.24, 2.45) is 5.41 Å². The molecule has 0 amide bonds. The SMILES string of the molecule is Cc1cc(C)cc(-c2cc(CC(C)(C)C(F)(F)F)c3ccc(C)cc3n2)c1. The second kappa shape index (κ2) is 6.66. The highest BCUT2D eigenvalue weighted by Gasteiger charge is 2.47. The van der Waals surface area contributed by atoms with E-state index in [0.717, 1.165) is 33.2 Å². The lowest BCUT2D eigenvalue weighted by Gasteiger charge is -2.28. The van der Waals surface area contributed by atoms with Crippen molar-refractivity contribution < 1.29 is 13.2 Å². The average molecular weight is 371 g/mol. The predicted octanol–water partition coefficient (Wildman–Crippen LogP) is 6.96. The van der Waals surface area contributed by atoms with E-state index in [1.165, 1.54) is 13.8 Å². The van der Waals surface area contributed by atoms with Crippen molar-refractivity contribution in [3.63, 3.8) is 0 Å². The Hall–Kier alpha value is -2.36. The molecule has 1 nitrogen and oxygen atoms in total. The van der Waals surface area contributed by atoms with E-state index in [4.69, 9.17) is 4.98 Å². The summed E-state index contributed by atoms with van der Waals surface area (Å²) >= 11 is 0. The minimum atomic E-state index is -4.27. The molecule has 1 aromatic heterocycles. The summed E-state index contributed by atoms with van der Waals surface area (Å²) in [4.78, 5) is 4.76. The van der Waals surface area contributed by atoms with Gasteiger partial charge in [0.25, 0.3) is 0 Å². The number of nitrogens with zero attached hydrogens (tertiary/aromatic N) is 1. The van der Waals surface area contributed by atoms with Gasteiger partial charge in [-0.25, -0.2) is 4.98 Å². The first-order chi connectivity index (χ1) is 12.5. The topological polar surface area (TPSA) is 12.9 Å². The highest BCUT2D eigenvalue weighted by molar-refractivity contribution is 5.86. The molecule has 0 spiro atoms. The number of rotatable bonds is 3. The fraction of sp³-hybridized carbons (Fsp3) is 0.348. The summed E-state index contributed by atoms with van der Waals surface area (Å²) in [6.07, 6.45) is -4.36. The van der Waals surface area contributed by atoms with Crippen LogP contribution in [-0.2, 0) is 6.42 Å². The van der Waals surface area contributed by atoms with Crippen LogP contribution in [0.5, 0.6) is 0 Å². The summed E-state index contributed by atoms with van der Waals surface area (Å²) in [6, 6.07) is 13.7. The molecular formula is C23H24F3N. The zero-order valence-electron chi connectivity index (χ0n) is 16.3. The van der Waals surface area contributed by atoms with Crippen molar-refractivity contribution in [2.75, 3.05) is 0 Å². The fourth-order valence-electron chi connectivity index (χ4n) is 3.40. The monoisotopic (exact) mass is 371 g/mol. The van der Waals surface area contributed by atoms with E-state index in [1.807, 2.05) is 57.2 Å². The number of alkyl halides is 3. The molecule has 0 N–H and O–H groups in total. The molecule has 2 aromatic carbocycles. The van der Waals surface area contributed by atoms with Gasteiger partial charge < -0.3 is 0 Å². The van der Waals surface area contributed by atoms with Crippen LogP contribution in [0.25, 0.3) is 22.2 Å². The molecule has 27 heavy (non-hydrogen) atoms. The fourth-order valence-corrected chi connectivity index (χ4v) is 3.40. The van der Waals surface area contributed by atoms with Crippen molar-refractivity contribution >= 4 is 10.9 Å².